The first kappa shape index (κ1) is 13.2. The molecular weight excluding hydrogens is 206 g/mol. The van der Waals surface area contributed by atoms with E-state index in [0.717, 1.165) is 0 Å². The van der Waals surface area contributed by atoms with Crippen molar-refractivity contribution in [2.75, 3.05) is 19.7 Å². The summed E-state index contributed by atoms with van der Waals surface area (Å²) in [6, 6.07) is 0. The van der Waals surface area contributed by atoms with Gasteiger partial charge >= 0.3 is 5.97 Å². The van der Waals surface area contributed by atoms with Gasteiger partial charge < -0.3 is 9.64 Å². The molecule has 4 nitrogen and oxygen atoms in total. The molecule has 0 aromatic rings. The fourth-order valence-corrected chi connectivity index (χ4v) is 1.10. The van der Waals surface area contributed by atoms with Gasteiger partial charge in [0.15, 0.2) is 0 Å². The van der Waals surface area contributed by atoms with Crippen LogP contribution >= 0.6 is 11.6 Å². The average Bonchev–Trinajstić information content (AvgIpc) is 2.13. The number of hydrogen-bond donors (Lipinski definition) is 0. The average molecular weight is 222 g/mol. The third kappa shape index (κ3) is 4.46. The first-order valence-corrected chi connectivity index (χ1v) is 5.05. The van der Waals surface area contributed by atoms with E-state index in [1.54, 1.807) is 20.8 Å². The Morgan fingerprint density at radius 3 is 2.36 bits per heavy atom. The van der Waals surface area contributed by atoms with Crippen molar-refractivity contribution in [3.63, 3.8) is 0 Å². The van der Waals surface area contributed by atoms with E-state index in [4.69, 9.17) is 16.3 Å². The molecule has 0 rings (SSSR count). The second-order valence-corrected chi connectivity index (χ2v) is 3.43. The van der Waals surface area contributed by atoms with Crippen LogP contribution in [0.3, 0.4) is 0 Å². The van der Waals surface area contributed by atoms with Crippen molar-refractivity contribution < 1.29 is 14.3 Å². The van der Waals surface area contributed by atoms with E-state index < -0.39 is 11.3 Å². The second-order valence-electron chi connectivity index (χ2n) is 2.77. The van der Waals surface area contributed by atoms with Crippen LogP contribution in [0.1, 0.15) is 20.8 Å². The van der Waals surface area contributed by atoms with Gasteiger partial charge in [0.25, 0.3) is 0 Å². The number of halogens is 1. The second kappa shape index (κ2) is 6.65. The summed E-state index contributed by atoms with van der Waals surface area (Å²) in [6.45, 7) is 5.84. The molecule has 1 amide bonds. The highest BCUT2D eigenvalue weighted by Crippen LogP contribution is 2.01. The monoisotopic (exact) mass is 221 g/mol. The summed E-state index contributed by atoms with van der Waals surface area (Å²) in [5.41, 5.74) is 0. The molecule has 5 heteroatoms. The molecule has 0 saturated carbocycles. The van der Waals surface area contributed by atoms with Crippen LogP contribution in [0.2, 0.25) is 0 Å². The number of likely N-dealkylation sites (N-methyl/N-ethyl adjacent to an activating group) is 1. The Morgan fingerprint density at radius 1 is 1.43 bits per heavy atom. The van der Waals surface area contributed by atoms with Gasteiger partial charge in [0.2, 0.25) is 5.91 Å². The number of ether oxygens (including phenoxy) is 1. The zero-order chi connectivity index (χ0) is 11.1. The number of nitrogens with zero attached hydrogens (tertiary/aromatic N) is 1. The number of alkyl halides is 1. The highest BCUT2D eigenvalue weighted by molar-refractivity contribution is 6.30. The summed E-state index contributed by atoms with van der Waals surface area (Å²) in [4.78, 5) is 23.9. The van der Waals surface area contributed by atoms with Crippen LogP contribution in [-0.2, 0) is 14.3 Å². The van der Waals surface area contributed by atoms with Crippen molar-refractivity contribution in [1.82, 2.24) is 4.90 Å². The lowest BCUT2D eigenvalue weighted by Crippen LogP contribution is -2.39. The first-order valence-electron chi connectivity index (χ1n) is 4.61. The maximum absolute atomic E-state index is 11.4. The quantitative estimate of drug-likeness (QED) is 0.515. The molecule has 1 atom stereocenters. The van der Waals surface area contributed by atoms with Gasteiger partial charge in [-0.1, -0.05) is 0 Å². The maximum atomic E-state index is 11.4. The minimum absolute atomic E-state index is 0.0275. The Balaban J connectivity index is 4.15. The zero-order valence-corrected chi connectivity index (χ0v) is 9.50. The number of esters is 1. The Kier molecular flexibility index (Phi) is 6.28. The zero-order valence-electron chi connectivity index (χ0n) is 8.75. The highest BCUT2D eigenvalue weighted by Gasteiger charge is 2.19. The van der Waals surface area contributed by atoms with E-state index in [-0.39, 0.29) is 12.5 Å². The lowest BCUT2D eigenvalue weighted by Gasteiger charge is -2.20. The van der Waals surface area contributed by atoms with Crippen molar-refractivity contribution >= 4 is 23.5 Å². The molecule has 14 heavy (non-hydrogen) atoms. The maximum Gasteiger partial charge on any atom is 0.325 e. The first-order chi connectivity index (χ1) is 6.52. The topological polar surface area (TPSA) is 46.6 Å². The molecule has 0 aliphatic heterocycles. The normalized spacial score (nSPS) is 12.0. The van der Waals surface area contributed by atoms with Crippen LogP contribution in [0, 0.1) is 0 Å². The van der Waals surface area contributed by atoms with Gasteiger partial charge in [-0.2, -0.15) is 0 Å². The van der Waals surface area contributed by atoms with E-state index in [9.17, 15) is 9.59 Å². The summed E-state index contributed by atoms with van der Waals surface area (Å²) in [6.07, 6.45) is 0. The van der Waals surface area contributed by atoms with Crippen molar-refractivity contribution in [3.8, 4) is 0 Å². The van der Waals surface area contributed by atoms with Crippen molar-refractivity contribution in [3.05, 3.63) is 0 Å². The van der Waals surface area contributed by atoms with Gasteiger partial charge in [0.1, 0.15) is 11.9 Å². The molecule has 0 bridgehead atoms. The lowest BCUT2D eigenvalue weighted by molar-refractivity contribution is -0.148. The summed E-state index contributed by atoms with van der Waals surface area (Å²) >= 11 is 5.62. The molecule has 0 aliphatic rings. The third-order valence-corrected chi connectivity index (χ3v) is 1.85. The molecule has 0 saturated heterocycles. The third-order valence-electron chi connectivity index (χ3n) is 1.66. The van der Waals surface area contributed by atoms with E-state index >= 15 is 0 Å². The van der Waals surface area contributed by atoms with Crippen LogP contribution < -0.4 is 0 Å². The van der Waals surface area contributed by atoms with Gasteiger partial charge in [-0.3, -0.25) is 9.59 Å². The van der Waals surface area contributed by atoms with E-state index in [2.05, 4.69) is 0 Å². The van der Waals surface area contributed by atoms with E-state index in [1.165, 1.54) is 4.90 Å². The van der Waals surface area contributed by atoms with E-state index in [0.29, 0.717) is 13.2 Å². The van der Waals surface area contributed by atoms with Gasteiger partial charge in [-0.05, 0) is 20.8 Å². The molecule has 0 N–H and O–H groups in total. The number of carbonyl (C=O) groups is 2. The van der Waals surface area contributed by atoms with Crippen molar-refractivity contribution in [2.45, 2.75) is 26.1 Å². The number of hydrogen-bond acceptors (Lipinski definition) is 3. The molecule has 0 fully saturated rings. The van der Waals surface area contributed by atoms with Gasteiger partial charge in [-0.15, -0.1) is 11.6 Å². The smallest absolute Gasteiger partial charge is 0.325 e. The summed E-state index contributed by atoms with van der Waals surface area (Å²) < 4.78 is 4.73. The molecule has 0 spiro atoms. The fraction of sp³-hybridized carbons (Fsp3) is 0.778. The molecule has 0 aromatic carbocycles. The number of amides is 1. The Morgan fingerprint density at radius 2 is 2.00 bits per heavy atom. The molecule has 1 unspecified atom stereocenters. The predicted molar refractivity (Wildman–Crippen MR) is 54.2 cm³/mol. The summed E-state index contributed by atoms with van der Waals surface area (Å²) in [5, 5.41) is -0.607. The molecule has 0 radical (unpaired) electrons. The molecular formula is C9H16ClNO3. The highest BCUT2D eigenvalue weighted by atomic mass is 35.5. The number of rotatable bonds is 5. The van der Waals surface area contributed by atoms with Crippen molar-refractivity contribution in [1.29, 1.82) is 0 Å². The van der Waals surface area contributed by atoms with Crippen LogP contribution in [0.4, 0.5) is 0 Å². The van der Waals surface area contributed by atoms with E-state index in [1.807, 2.05) is 0 Å². The fourth-order valence-electron chi connectivity index (χ4n) is 0.960. The van der Waals surface area contributed by atoms with Crippen LogP contribution in [0.15, 0.2) is 0 Å². The Bertz CT molecular complexity index is 206. The standard InChI is InChI=1S/C9H16ClNO3/c1-4-11(9(13)7(3)10)6-8(12)14-5-2/h7H,4-6H2,1-3H3. The Hall–Kier alpha value is -0.770. The Labute approximate surface area is 89.2 Å². The number of carbonyl (C=O) groups excluding carboxylic acids is 2. The molecule has 82 valence electrons. The van der Waals surface area contributed by atoms with Crippen LogP contribution in [0.5, 0.6) is 0 Å². The van der Waals surface area contributed by atoms with Crippen LogP contribution in [-0.4, -0.2) is 41.8 Å². The largest absolute Gasteiger partial charge is 0.465 e. The summed E-state index contributed by atoms with van der Waals surface area (Å²) in [5.74, 6) is -0.651. The molecule has 0 heterocycles. The van der Waals surface area contributed by atoms with Gasteiger partial charge in [-0.25, -0.2) is 0 Å². The minimum Gasteiger partial charge on any atom is -0.465 e. The van der Waals surface area contributed by atoms with Crippen LogP contribution in [0.25, 0.3) is 0 Å². The minimum atomic E-state index is -0.607. The summed E-state index contributed by atoms with van der Waals surface area (Å²) in [7, 11) is 0. The SMILES string of the molecule is CCOC(=O)CN(CC)C(=O)C(C)Cl. The van der Waals surface area contributed by atoms with Gasteiger partial charge in [0, 0.05) is 6.54 Å². The predicted octanol–water partition coefficient (Wildman–Crippen LogP) is 1.03. The molecule has 0 aromatic heterocycles. The van der Waals surface area contributed by atoms with Gasteiger partial charge in [0.05, 0.1) is 6.61 Å². The van der Waals surface area contributed by atoms with Crippen molar-refractivity contribution in [2.24, 2.45) is 0 Å². The lowest BCUT2D eigenvalue weighted by atomic mass is 10.3. The molecule has 0 aliphatic carbocycles.